The maximum Gasteiger partial charge on any atom is 0.216 e. The van der Waals surface area contributed by atoms with E-state index in [1.807, 2.05) is 6.92 Å². The predicted octanol–water partition coefficient (Wildman–Crippen LogP) is 1.71. The highest BCUT2D eigenvalue weighted by atomic mass is 32.2. The normalized spacial score (nSPS) is 20.4. The van der Waals surface area contributed by atoms with Gasteiger partial charge in [-0.05, 0) is 33.1 Å². The first-order chi connectivity index (χ1) is 7.90. The maximum absolute atomic E-state index is 12.4. The summed E-state index contributed by atoms with van der Waals surface area (Å²) in [6.07, 6.45) is 4.84. The molecule has 4 nitrogen and oxygen atoms in total. The second kappa shape index (κ2) is 5.67. The highest BCUT2D eigenvalue weighted by molar-refractivity contribution is 7.89. The van der Waals surface area contributed by atoms with Gasteiger partial charge in [-0.25, -0.2) is 8.42 Å². The number of nitrogens with two attached hydrogens (primary N) is 1. The van der Waals surface area contributed by atoms with E-state index in [1.54, 1.807) is 18.2 Å². The number of hydrogen-bond donors (Lipinski definition) is 1. The van der Waals surface area contributed by atoms with E-state index in [1.165, 1.54) is 0 Å². The zero-order valence-electron chi connectivity index (χ0n) is 11.3. The first-order valence-electron chi connectivity index (χ1n) is 6.62. The molecule has 0 saturated heterocycles. The molecule has 0 unspecified atom stereocenters. The van der Waals surface area contributed by atoms with E-state index >= 15 is 0 Å². The van der Waals surface area contributed by atoms with Crippen LogP contribution in [0.3, 0.4) is 0 Å². The average molecular weight is 262 g/mol. The molecule has 0 atom stereocenters. The van der Waals surface area contributed by atoms with Gasteiger partial charge in [-0.1, -0.05) is 19.8 Å². The van der Waals surface area contributed by atoms with Crippen LogP contribution < -0.4 is 5.73 Å². The fourth-order valence-electron chi connectivity index (χ4n) is 2.68. The van der Waals surface area contributed by atoms with Crippen molar-refractivity contribution in [3.63, 3.8) is 0 Å². The lowest BCUT2D eigenvalue weighted by atomic mass is 9.98. The van der Waals surface area contributed by atoms with Crippen LogP contribution >= 0.6 is 0 Å². The Hall–Kier alpha value is -0.130. The maximum atomic E-state index is 12.4. The van der Waals surface area contributed by atoms with Crippen LogP contribution in [0.15, 0.2) is 0 Å². The van der Waals surface area contributed by atoms with Gasteiger partial charge in [0.25, 0.3) is 0 Å². The summed E-state index contributed by atoms with van der Waals surface area (Å²) < 4.78 is 26.6. The Kier molecular flexibility index (Phi) is 4.98. The molecule has 0 aromatic heterocycles. The number of rotatable bonds is 6. The summed E-state index contributed by atoms with van der Waals surface area (Å²) in [5.74, 6) is 0. The summed E-state index contributed by atoms with van der Waals surface area (Å²) >= 11 is 0. The van der Waals surface area contributed by atoms with Crippen LogP contribution in [0, 0.1) is 0 Å². The third-order valence-electron chi connectivity index (χ3n) is 3.77. The molecule has 1 aliphatic carbocycles. The van der Waals surface area contributed by atoms with Crippen molar-refractivity contribution < 1.29 is 8.42 Å². The van der Waals surface area contributed by atoms with Gasteiger partial charge < -0.3 is 5.73 Å². The van der Waals surface area contributed by atoms with Crippen molar-refractivity contribution in [2.24, 2.45) is 5.73 Å². The van der Waals surface area contributed by atoms with Crippen molar-refractivity contribution in [1.29, 1.82) is 0 Å². The molecule has 0 radical (unpaired) electrons. The molecule has 0 aromatic rings. The third-order valence-corrected chi connectivity index (χ3v) is 6.15. The molecule has 0 amide bonds. The molecule has 0 heterocycles. The van der Waals surface area contributed by atoms with E-state index in [9.17, 15) is 8.42 Å². The smallest absolute Gasteiger partial charge is 0.216 e. The van der Waals surface area contributed by atoms with Crippen LogP contribution in [0.1, 0.15) is 52.9 Å². The van der Waals surface area contributed by atoms with E-state index in [4.69, 9.17) is 5.73 Å². The Labute approximate surface area is 106 Å². The molecule has 5 heteroatoms. The van der Waals surface area contributed by atoms with E-state index in [-0.39, 0.29) is 10.8 Å². The fraction of sp³-hybridized carbons (Fsp3) is 1.00. The van der Waals surface area contributed by atoms with Crippen molar-refractivity contribution >= 4 is 10.0 Å². The summed E-state index contributed by atoms with van der Waals surface area (Å²) in [5.41, 5.74) is 5.58. The lowest BCUT2D eigenvalue weighted by Gasteiger charge is -2.40. The van der Waals surface area contributed by atoms with Gasteiger partial charge in [-0.2, -0.15) is 4.31 Å². The summed E-state index contributed by atoms with van der Waals surface area (Å²) in [5, 5.41) is -0.363. The van der Waals surface area contributed by atoms with Gasteiger partial charge in [0.2, 0.25) is 10.0 Å². The molecule has 1 fully saturated rings. The molecule has 1 saturated carbocycles. The second-order valence-electron chi connectivity index (χ2n) is 5.30. The van der Waals surface area contributed by atoms with E-state index in [2.05, 4.69) is 0 Å². The van der Waals surface area contributed by atoms with Crippen LogP contribution in [0.4, 0.5) is 0 Å². The minimum absolute atomic E-state index is 0.306. The molecule has 17 heavy (non-hydrogen) atoms. The first kappa shape index (κ1) is 14.9. The van der Waals surface area contributed by atoms with Gasteiger partial charge in [0.15, 0.2) is 0 Å². The lowest BCUT2D eigenvalue weighted by molar-refractivity contribution is 0.196. The minimum Gasteiger partial charge on any atom is -0.329 e. The minimum atomic E-state index is -3.20. The quantitative estimate of drug-likeness (QED) is 0.792. The van der Waals surface area contributed by atoms with Gasteiger partial charge in [-0.3, -0.25) is 0 Å². The largest absolute Gasteiger partial charge is 0.329 e. The fourth-order valence-corrected chi connectivity index (χ4v) is 4.42. The standard InChI is InChI=1S/C12H26N2O2S/c1-4-9-14(17(15,16)11(2)3)12(10-13)7-5-6-8-12/h11H,4-10,13H2,1-3H3. The lowest BCUT2D eigenvalue weighted by Crippen LogP contribution is -2.56. The number of nitrogens with zero attached hydrogens (tertiary/aromatic N) is 1. The molecule has 1 aliphatic rings. The molecule has 0 spiro atoms. The van der Waals surface area contributed by atoms with Crippen LogP contribution in [0.5, 0.6) is 0 Å². The highest BCUT2D eigenvalue weighted by Gasteiger charge is 2.44. The zero-order chi connectivity index (χ0) is 13.1. The third kappa shape index (κ3) is 2.83. The molecule has 0 aliphatic heterocycles. The highest BCUT2D eigenvalue weighted by Crippen LogP contribution is 2.37. The average Bonchev–Trinajstić information content (AvgIpc) is 2.75. The predicted molar refractivity (Wildman–Crippen MR) is 71.3 cm³/mol. The van der Waals surface area contributed by atoms with Crippen molar-refractivity contribution in [3.05, 3.63) is 0 Å². The number of sulfonamides is 1. The van der Waals surface area contributed by atoms with E-state index in [0.717, 1.165) is 32.1 Å². The Morgan fingerprint density at radius 3 is 2.18 bits per heavy atom. The van der Waals surface area contributed by atoms with Crippen LogP contribution in [-0.4, -0.2) is 36.6 Å². The first-order valence-corrected chi connectivity index (χ1v) is 8.13. The summed E-state index contributed by atoms with van der Waals surface area (Å²) in [7, 11) is -3.20. The molecule has 2 N–H and O–H groups in total. The molecular formula is C12H26N2O2S. The molecule has 102 valence electrons. The van der Waals surface area contributed by atoms with E-state index < -0.39 is 10.0 Å². The number of hydrogen-bond acceptors (Lipinski definition) is 3. The Morgan fingerprint density at radius 1 is 1.29 bits per heavy atom. The van der Waals surface area contributed by atoms with Crippen molar-refractivity contribution in [2.75, 3.05) is 13.1 Å². The van der Waals surface area contributed by atoms with Crippen molar-refractivity contribution in [3.8, 4) is 0 Å². The SMILES string of the molecule is CCCN(C1(CN)CCCC1)S(=O)(=O)C(C)C. The van der Waals surface area contributed by atoms with Crippen LogP contribution in [0.25, 0.3) is 0 Å². The van der Waals surface area contributed by atoms with Gasteiger partial charge in [0, 0.05) is 18.6 Å². The second-order valence-corrected chi connectivity index (χ2v) is 7.71. The Balaban J connectivity index is 3.07. The van der Waals surface area contributed by atoms with Crippen molar-refractivity contribution in [2.45, 2.75) is 63.7 Å². The molecule has 0 bridgehead atoms. The topological polar surface area (TPSA) is 63.4 Å². The van der Waals surface area contributed by atoms with Gasteiger partial charge in [-0.15, -0.1) is 0 Å². The summed E-state index contributed by atoms with van der Waals surface area (Å²) in [6.45, 7) is 6.55. The summed E-state index contributed by atoms with van der Waals surface area (Å²) in [6, 6.07) is 0. The molecule has 1 rings (SSSR count). The molecule has 0 aromatic carbocycles. The Bertz CT molecular complexity index is 332. The van der Waals surface area contributed by atoms with Crippen LogP contribution in [-0.2, 0) is 10.0 Å². The van der Waals surface area contributed by atoms with Crippen molar-refractivity contribution in [1.82, 2.24) is 4.31 Å². The Morgan fingerprint density at radius 2 is 1.82 bits per heavy atom. The van der Waals surface area contributed by atoms with Gasteiger partial charge in [0.1, 0.15) is 0 Å². The monoisotopic (exact) mass is 262 g/mol. The summed E-state index contributed by atoms with van der Waals surface area (Å²) in [4.78, 5) is 0. The van der Waals surface area contributed by atoms with E-state index in [0.29, 0.717) is 13.1 Å². The molecular weight excluding hydrogens is 236 g/mol. The van der Waals surface area contributed by atoms with Gasteiger partial charge in [0.05, 0.1) is 5.25 Å². The van der Waals surface area contributed by atoms with Gasteiger partial charge >= 0.3 is 0 Å². The zero-order valence-corrected chi connectivity index (χ0v) is 12.1. The van der Waals surface area contributed by atoms with Crippen LogP contribution in [0.2, 0.25) is 0 Å².